The topological polar surface area (TPSA) is 75.6 Å². The van der Waals surface area contributed by atoms with Gasteiger partial charge in [0, 0.05) is 32.6 Å². The number of carbonyl (C=O) groups is 1. The fourth-order valence-corrected chi connectivity index (χ4v) is 2.65. The summed E-state index contributed by atoms with van der Waals surface area (Å²) in [6.45, 7) is 5.72. The van der Waals surface area contributed by atoms with E-state index in [1.54, 1.807) is 12.1 Å². The molecule has 2 aromatic rings. The molecule has 7 heteroatoms. The van der Waals surface area contributed by atoms with Crippen molar-refractivity contribution in [3.05, 3.63) is 35.9 Å². The van der Waals surface area contributed by atoms with Crippen molar-refractivity contribution in [2.24, 2.45) is 0 Å². The molecule has 1 saturated heterocycles. The van der Waals surface area contributed by atoms with Gasteiger partial charge in [-0.25, -0.2) is 0 Å². The Morgan fingerprint density at radius 2 is 2.13 bits per heavy atom. The molecule has 1 amide bonds. The molecule has 7 nitrogen and oxygen atoms in total. The molecule has 2 aromatic heterocycles. The molecular formula is C16H22N4O3. The lowest BCUT2D eigenvalue weighted by Crippen LogP contribution is -2.48. The van der Waals surface area contributed by atoms with Gasteiger partial charge in [0.1, 0.15) is 0 Å². The Labute approximate surface area is 135 Å². The highest BCUT2D eigenvalue weighted by atomic mass is 16.5. The van der Waals surface area contributed by atoms with E-state index in [2.05, 4.69) is 22.0 Å². The summed E-state index contributed by atoms with van der Waals surface area (Å²) < 4.78 is 10.5. The van der Waals surface area contributed by atoms with Crippen LogP contribution >= 0.6 is 0 Å². The van der Waals surface area contributed by atoms with Gasteiger partial charge < -0.3 is 13.8 Å². The minimum Gasteiger partial charge on any atom is -0.459 e. The molecule has 124 valence electrons. The molecule has 0 bridgehead atoms. The van der Waals surface area contributed by atoms with E-state index in [9.17, 15) is 4.79 Å². The van der Waals surface area contributed by atoms with E-state index in [1.165, 1.54) is 6.26 Å². The maximum absolute atomic E-state index is 12.2. The lowest BCUT2D eigenvalue weighted by atomic mass is 10.2. The van der Waals surface area contributed by atoms with Gasteiger partial charge in [0.25, 0.3) is 5.91 Å². The number of piperazine rings is 1. The quantitative estimate of drug-likeness (QED) is 0.810. The molecule has 0 aromatic carbocycles. The Hall–Kier alpha value is -2.15. The van der Waals surface area contributed by atoms with E-state index in [0.717, 1.165) is 38.2 Å². The highest BCUT2D eigenvalue weighted by Gasteiger charge is 2.24. The van der Waals surface area contributed by atoms with Crippen molar-refractivity contribution in [3.63, 3.8) is 0 Å². The Bertz CT molecular complexity index is 615. The fraction of sp³-hybridized carbons (Fsp3) is 0.562. The molecule has 0 atom stereocenters. The normalized spacial score (nSPS) is 16.0. The number of aromatic nitrogens is 2. The van der Waals surface area contributed by atoms with Crippen LogP contribution in [0.4, 0.5) is 0 Å². The number of carbonyl (C=O) groups excluding carboxylic acids is 1. The first-order valence-corrected chi connectivity index (χ1v) is 8.13. The molecular weight excluding hydrogens is 296 g/mol. The van der Waals surface area contributed by atoms with Crippen LogP contribution in [-0.4, -0.2) is 52.0 Å². The summed E-state index contributed by atoms with van der Waals surface area (Å²) in [6.07, 6.45) is 4.59. The zero-order valence-corrected chi connectivity index (χ0v) is 13.4. The summed E-state index contributed by atoms with van der Waals surface area (Å²) in [5.74, 6) is 1.79. The number of aryl methyl sites for hydroxylation is 1. The van der Waals surface area contributed by atoms with Crippen LogP contribution in [-0.2, 0) is 13.0 Å². The fourth-order valence-electron chi connectivity index (χ4n) is 2.65. The van der Waals surface area contributed by atoms with Crippen molar-refractivity contribution >= 4 is 5.91 Å². The first-order valence-electron chi connectivity index (χ1n) is 8.13. The molecule has 0 N–H and O–H groups in total. The zero-order chi connectivity index (χ0) is 16.1. The molecule has 0 radical (unpaired) electrons. The second-order valence-corrected chi connectivity index (χ2v) is 5.75. The zero-order valence-electron chi connectivity index (χ0n) is 13.4. The highest BCUT2D eigenvalue weighted by molar-refractivity contribution is 5.91. The van der Waals surface area contributed by atoms with Crippen LogP contribution in [0.1, 0.15) is 42.0 Å². The number of furan rings is 1. The van der Waals surface area contributed by atoms with Gasteiger partial charge >= 0.3 is 0 Å². The number of nitrogens with zero attached hydrogens (tertiary/aromatic N) is 4. The largest absolute Gasteiger partial charge is 0.459 e. The van der Waals surface area contributed by atoms with Crippen molar-refractivity contribution in [2.75, 3.05) is 26.2 Å². The Morgan fingerprint density at radius 3 is 2.83 bits per heavy atom. The molecule has 0 saturated carbocycles. The van der Waals surface area contributed by atoms with Crippen molar-refractivity contribution < 1.29 is 13.7 Å². The van der Waals surface area contributed by atoms with Gasteiger partial charge in [-0.05, 0) is 18.6 Å². The number of unbranched alkanes of at least 4 members (excludes halogenated alkanes) is 1. The molecule has 1 aliphatic rings. The number of hydrogen-bond donors (Lipinski definition) is 0. The van der Waals surface area contributed by atoms with E-state index >= 15 is 0 Å². The van der Waals surface area contributed by atoms with Gasteiger partial charge in [-0.1, -0.05) is 18.5 Å². The predicted octanol–water partition coefficient (Wildman–Crippen LogP) is 1.96. The van der Waals surface area contributed by atoms with Crippen LogP contribution in [0.3, 0.4) is 0 Å². The lowest BCUT2D eigenvalue weighted by molar-refractivity contribution is 0.0585. The first-order chi connectivity index (χ1) is 11.3. The van der Waals surface area contributed by atoms with Gasteiger partial charge in [-0.3, -0.25) is 9.69 Å². The summed E-state index contributed by atoms with van der Waals surface area (Å²) in [7, 11) is 0. The van der Waals surface area contributed by atoms with E-state index in [0.29, 0.717) is 31.3 Å². The second-order valence-electron chi connectivity index (χ2n) is 5.75. The van der Waals surface area contributed by atoms with E-state index in [4.69, 9.17) is 8.94 Å². The molecule has 23 heavy (non-hydrogen) atoms. The van der Waals surface area contributed by atoms with Crippen LogP contribution < -0.4 is 0 Å². The van der Waals surface area contributed by atoms with Crippen molar-refractivity contribution in [2.45, 2.75) is 32.7 Å². The van der Waals surface area contributed by atoms with Crippen LogP contribution in [0.15, 0.2) is 27.3 Å². The summed E-state index contributed by atoms with van der Waals surface area (Å²) in [4.78, 5) is 20.7. The second kappa shape index (κ2) is 7.41. The number of amides is 1. The van der Waals surface area contributed by atoms with Gasteiger partial charge in [0.05, 0.1) is 12.8 Å². The minimum absolute atomic E-state index is 0.0470. The maximum Gasteiger partial charge on any atom is 0.289 e. The van der Waals surface area contributed by atoms with Gasteiger partial charge in [0.15, 0.2) is 11.6 Å². The maximum atomic E-state index is 12.2. The molecule has 0 unspecified atom stereocenters. The summed E-state index contributed by atoms with van der Waals surface area (Å²) in [5.41, 5.74) is 0. The summed E-state index contributed by atoms with van der Waals surface area (Å²) in [5, 5.41) is 4.01. The number of rotatable bonds is 6. The molecule has 1 fully saturated rings. The van der Waals surface area contributed by atoms with E-state index in [1.807, 2.05) is 4.90 Å². The SMILES string of the molecule is CCCCc1noc(CN2CCN(C(=O)c3ccco3)CC2)n1. The van der Waals surface area contributed by atoms with Crippen molar-refractivity contribution in [1.82, 2.24) is 19.9 Å². The van der Waals surface area contributed by atoms with E-state index < -0.39 is 0 Å². The standard InChI is InChI=1S/C16H22N4O3/c1-2-3-6-14-17-15(23-18-14)12-19-7-9-20(10-8-19)16(21)13-5-4-11-22-13/h4-5,11H,2-3,6-10,12H2,1H3. The first kappa shape index (κ1) is 15.7. The average Bonchev–Trinajstić information content (AvgIpc) is 3.25. The molecule has 3 heterocycles. The molecule has 1 aliphatic heterocycles. The third-order valence-corrected chi connectivity index (χ3v) is 4.01. The predicted molar refractivity (Wildman–Crippen MR) is 82.8 cm³/mol. The molecule has 3 rings (SSSR count). The minimum atomic E-state index is -0.0470. The molecule has 0 spiro atoms. The van der Waals surface area contributed by atoms with Gasteiger partial charge in [-0.15, -0.1) is 0 Å². The third-order valence-electron chi connectivity index (χ3n) is 4.01. The molecule has 0 aliphatic carbocycles. The Kier molecular flexibility index (Phi) is 5.07. The van der Waals surface area contributed by atoms with Gasteiger partial charge in [-0.2, -0.15) is 4.98 Å². The van der Waals surface area contributed by atoms with Crippen LogP contribution in [0, 0.1) is 0 Å². The van der Waals surface area contributed by atoms with Gasteiger partial charge in [0.2, 0.25) is 5.89 Å². The van der Waals surface area contributed by atoms with Crippen LogP contribution in [0.5, 0.6) is 0 Å². The monoisotopic (exact) mass is 318 g/mol. The smallest absolute Gasteiger partial charge is 0.289 e. The lowest BCUT2D eigenvalue weighted by Gasteiger charge is -2.33. The summed E-state index contributed by atoms with van der Waals surface area (Å²) in [6, 6.07) is 3.43. The van der Waals surface area contributed by atoms with E-state index in [-0.39, 0.29) is 5.91 Å². The summed E-state index contributed by atoms with van der Waals surface area (Å²) >= 11 is 0. The van der Waals surface area contributed by atoms with Crippen LogP contribution in [0.25, 0.3) is 0 Å². The van der Waals surface area contributed by atoms with Crippen molar-refractivity contribution in [1.29, 1.82) is 0 Å². The average molecular weight is 318 g/mol. The Balaban J connectivity index is 1.47. The Morgan fingerprint density at radius 1 is 1.30 bits per heavy atom. The van der Waals surface area contributed by atoms with Crippen molar-refractivity contribution in [3.8, 4) is 0 Å². The highest BCUT2D eigenvalue weighted by Crippen LogP contribution is 2.12. The number of hydrogen-bond acceptors (Lipinski definition) is 6. The third kappa shape index (κ3) is 3.98. The van der Waals surface area contributed by atoms with Crippen LogP contribution in [0.2, 0.25) is 0 Å².